The SMILES string of the molecule is O=C(/C=C/C1CCCCCC1)c1ccc(F)cc1. The van der Waals surface area contributed by atoms with Crippen molar-refractivity contribution >= 4 is 5.78 Å². The molecule has 1 aromatic rings. The van der Waals surface area contributed by atoms with Gasteiger partial charge in [0.1, 0.15) is 5.82 Å². The summed E-state index contributed by atoms with van der Waals surface area (Å²) in [6.45, 7) is 0. The molecule has 1 aromatic carbocycles. The number of ketones is 1. The van der Waals surface area contributed by atoms with Gasteiger partial charge in [-0.3, -0.25) is 4.79 Å². The van der Waals surface area contributed by atoms with Crippen LogP contribution in [0.3, 0.4) is 0 Å². The highest BCUT2D eigenvalue weighted by Crippen LogP contribution is 2.23. The molecule has 0 amide bonds. The summed E-state index contributed by atoms with van der Waals surface area (Å²) in [6, 6.07) is 5.73. The van der Waals surface area contributed by atoms with Crippen LogP contribution in [0.2, 0.25) is 0 Å². The lowest BCUT2D eigenvalue weighted by atomic mass is 9.98. The van der Waals surface area contributed by atoms with E-state index in [9.17, 15) is 9.18 Å². The van der Waals surface area contributed by atoms with Crippen molar-refractivity contribution in [1.29, 1.82) is 0 Å². The van der Waals surface area contributed by atoms with Crippen LogP contribution in [-0.4, -0.2) is 5.78 Å². The van der Waals surface area contributed by atoms with E-state index in [4.69, 9.17) is 0 Å². The zero-order chi connectivity index (χ0) is 12.8. The number of carbonyl (C=O) groups excluding carboxylic acids is 1. The predicted octanol–water partition coefficient (Wildman–Crippen LogP) is 4.54. The first-order valence-corrected chi connectivity index (χ1v) is 6.74. The third-order valence-corrected chi connectivity index (χ3v) is 3.55. The van der Waals surface area contributed by atoms with Gasteiger partial charge in [-0.05, 0) is 49.1 Å². The number of hydrogen-bond acceptors (Lipinski definition) is 1. The van der Waals surface area contributed by atoms with Crippen LogP contribution in [0.4, 0.5) is 4.39 Å². The summed E-state index contributed by atoms with van der Waals surface area (Å²) in [6.07, 6.45) is 11.2. The van der Waals surface area contributed by atoms with Gasteiger partial charge in [0, 0.05) is 5.56 Å². The van der Waals surface area contributed by atoms with Gasteiger partial charge in [0.25, 0.3) is 0 Å². The lowest BCUT2D eigenvalue weighted by Crippen LogP contribution is -1.98. The van der Waals surface area contributed by atoms with E-state index in [2.05, 4.69) is 0 Å². The number of halogens is 1. The van der Waals surface area contributed by atoms with Gasteiger partial charge in [-0.1, -0.05) is 31.8 Å². The molecular weight excluding hydrogens is 227 g/mol. The molecule has 2 heteroatoms. The lowest BCUT2D eigenvalue weighted by molar-refractivity contribution is 0.104. The third-order valence-electron chi connectivity index (χ3n) is 3.55. The van der Waals surface area contributed by atoms with Gasteiger partial charge >= 0.3 is 0 Å². The molecule has 1 aliphatic carbocycles. The van der Waals surface area contributed by atoms with Crippen LogP contribution in [0.1, 0.15) is 48.9 Å². The molecule has 0 radical (unpaired) electrons. The fraction of sp³-hybridized carbons (Fsp3) is 0.438. The minimum Gasteiger partial charge on any atom is -0.289 e. The molecule has 18 heavy (non-hydrogen) atoms. The molecule has 0 aliphatic heterocycles. The minimum atomic E-state index is -0.306. The normalized spacial score (nSPS) is 17.8. The van der Waals surface area contributed by atoms with E-state index in [-0.39, 0.29) is 11.6 Å². The van der Waals surface area contributed by atoms with Crippen molar-refractivity contribution in [3.05, 3.63) is 47.8 Å². The highest BCUT2D eigenvalue weighted by molar-refractivity contribution is 6.04. The first-order valence-electron chi connectivity index (χ1n) is 6.74. The van der Waals surface area contributed by atoms with Crippen LogP contribution in [-0.2, 0) is 0 Å². The molecule has 2 rings (SSSR count). The van der Waals surface area contributed by atoms with Gasteiger partial charge in [0.05, 0.1) is 0 Å². The molecule has 0 heterocycles. The number of rotatable bonds is 3. The van der Waals surface area contributed by atoms with Gasteiger partial charge in [-0.2, -0.15) is 0 Å². The van der Waals surface area contributed by atoms with E-state index >= 15 is 0 Å². The first kappa shape index (κ1) is 13.0. The average Bonchev–Trinajstić information content (AvgIpc) is 2.65. The second kappa shape index (κ2) is 6.48. The van der Waals surface area contributed by atoms with E-state index in [1.165, 1.54) is 62.8 Å². The highest BCUT2D eigenvalue weighted by atomic mass is 19.1. The van der Waals surface area contributed by atoms with E-state index < -0.39 is 0 Å². The molecule has 1 fully saturated rings. The van der Waals surface area contributed by atoms with Gasteiger partial charge < -0.3 is 0 Å². The number of hydrogen-bond donors (Lipinski definition) is 0. The molecule has 0 bridgehead atoms. The number of carbonyl (C=O) groups is 1. The summed E-state index contributed by atoms with van der Waals surface area (Å²) >= 11 is 0. The Morgan fingerprint density at radius 2 is 1.67 bits per heavy atom. The molecule has 0 spiro atoms. The summed E-state index contributed by atoms with van der Waals surface area (Å²) in [5.74, 6) is 0.204. The summed E-state index contributed by atoms with van der Waals surface area (Å²) in [5, 5.41) is 0. The van der Waals surface area contributed by atoms with Crippen LogP contribution >= 0.6 is 0 Å². The van der Waals surface area contributed by atoms with E-state index in [1.54, 1.807) is 6.08 Å². The van der Waals surface area contributed by atoms with Crippen molar-refractivity contribution in [2.75, 3.05) is 0 Å². The highest BCUT2D eigenvalue weighted by Gasteiger charge is 2.09. The van der Waals surface area contributed by atoms with E-state index in [0.29, 0.717) is 11.5 Å². The quantitative estimate of drug-likeness (QED) is 0.435. The molecule has 0 saturated heterocycles. The monoisotopic (exact) mass is 246 g/mol. The topological polar surface area (TPSA) is 17.1 Å². The van der Waals surface area contributed by atoms with Gasteiger partial charge in [-0.15, -0.1) is 0 Å². The molecule has 0 unspecified atom stereocenters. The maximum Gasteiger partial charge on any atom is 0.185 e. The summed E-state index contributed by atoms with van der Waals surface area (Å²) < 4.78 is 12.7. The van der Waals surface area contributed by atoms with Gasteiger partial charge in [-0.25, -0.2) is 4.39 Å². The zero-order valence-corrected chi connectivity index (χ0v) is 10.6. The van der Waals surface area contributed by atoms with Crippen LogP contribution in [0.15, 0.2) is 36.4 Å². The molecule has 1 aliphatic rings. The van der Waals surface area contributed by atoms with Crippen LogP contribution in [0, 0.1) is 11.7 Å². The molecule has 0 atom stereocenters. The van der Waals surface area contributed by atoms with E-state index in [1.807, 2.05) is 6.08 Å². The predicted molar refractivity (Wildman–Crippen MR) is 71.1 cm³/mol. The summed E-state index contributed by atoms with van der Waals surface area (Å²) in [7, 11) is 0. The molecule has 96 valence electrons. The van der Waals surface area contributed by atoms with Gasteiger partial charge in [0.2, 0.25) is 0 Å². The first-order chi connectivity index (χ1) is 8.75. The summed E-state index contributed by atoms with van der Waals surface area (Å²) in [5.41, 5.74) is 0.557. The van der Waals surface area contributed by atoms with Gasteiger partial charge in [0.15, 0.2) is 5.78 Å². The van der Waals surface area contributed by atoms with Crippen molar-refractivity contribution in [2.24, 2.45) is 5.92 Å². The molecule has 1 saturated carbocycles. The van der Waals surface area contributed by atoms with Crippen molar-refractivity contribution in [3.63, 3.8) is 0 Å². The Bertz CT molecular complexity index is 411. The molecule has 0 aromatic heterocycles. The Morgan fingerprint density at radius 3 is 2.28 bits per heavy atom. The smallest absolute Gasteiger partial charge is 0.185 e. The van der Waals surface area contributed by atoms with E-state index in [0.717, 1.165) is 0 Å². The zero-order valence-electron chi connectivity index (χ0n) is 10.6. The molecule has 1 nitrogen and oxygen atoms in total. The van der Waals surface area contributed by atoms with Crippen molar-refractivity contribution in [1.82, 2.24) is 0 Å². The fourth-order valence-electron chi connectivity index (χ4n) is 2.44. The number of benzene rings is 1. The molecular formula is C16H19FO. The molecule has 0 N–H and O–H groups in total. The Hall–Kier alpha value is -1.44. The maximum absolute atomic E-state index is 12.7. The summed E-state index contributed by atoms with van der Waals surface area (Å²) in [4.78, 5) is 11.9. The lowest BCUT2D eigenvalue weighted by Gasteiger charge is -2.07. The third kappa shape index (κ3) is 3.80. The average molecular weight is 246 g/mol. The second-order valence-corrected chi connectivity index (χ2v) is 4.98. The maximum atomic E-state index is 12.7. The van der Waals surface area contributed by atoms with Crippen LogP contribution < -0.4 is 0 Å². The Morgan fingerprint density at radius 1 is 1.06 bits per heavy atom. The van der Waals surface area contributed by atoms with Crippen molar-refractivity contribution < 1.29 is 9.18 Å². The Kier molecular flexibility index (Phi) is 4.68. The minimum absolute atomic E-state index is 0.0285. The van der Waals surface area contributed by atoms with Crippen LogP contribution in [0.5, 0.6) is 0 Å². The Balaban J connectivity index is 1.95. The Labute approximate surface area is 108 Å². The standard InChI is InChI=1S/C16H19FO/c17-15-10-8-14(9-11-15)16(18)12-7-13-5-3-1-2-4-6-13/h7-13H,1-6H2/b12-7+. The van der Waals surface area contributed by atoms with Crippen LogP contribution in [0.25, 0.3) is 0 Å². The fourth-order valence-corrected chi connectivity index (χ4v) is 2.44. The van der Waals surface area contributed by atoms with Crippen molar-refractivity contribution in [2.45, 2.75) is 38.5 Å². The van der Waals surface area contributed by atoms with Crippen molar-refractivity contribution in [3.8, 4) is 0 Å². The largest absolute Gasteiger partial charge is 0.289 e. The second-order valence-electron chi connectivity index (χ2n) is 4.98. The number of allylic oxidation sites excluding steroid dienone is 2.